The Morgan fingerprint density at radius 2 is 2.00 bits per heavy atom. The van der Waals surface area contributed by atoms with Crippen molar-refractivity contribution in [1.82, 2.24) is 19.9 Å². The highest BCUT2D eigenvalue weighted by Gasteiger charge is 2.16. The van der Waals surface area contributed by atoms with Gasteiger partial charge < -0.3 is 15.0 Å². The number of hydrogen-bond donors (Lipinski definition) is 2. The van der Waals surface area contributed by atoms with Crippen LogP contribution in [0.1, 0.15) is 17.7 Å². The van der Waals surface area contributed by atoms with Crippen molar-refractivity contribution >= 4 is 39.9 Å². The first-order valence-corrected chi connectivity index (χ1v) is 11.2. The first-order chi connectivity index (χ1) is 15.1. The summed E-state index contributed by atoms with van der Waals surface area (Å²) in [6, 6.07) is 7.68. The fourth-order valence-corrected chi connectivity index (χ4v) is 4.68. The number of aromatic amines is 1. The summed E-state index contributed by atoms with van der Waals surface area (Å²) in [4.78, 5) is 30.1. The third-order valence-corrected chi connectivity index (χ3v) is 6.55. The third-order valence-electron chi connectivity index (χ3n) is 5.28. The minimum atomic E-state index is -0.247. The van der Waals surface area contributed by atoms with Gasteiger partial charge >= 0.3 is 0 Å². The highest BCUT2D eigenvalue weighted by molar-refractivity contribution is 7.14. The highest BCUT2D eigenvalue weighted by Crippen LogP contribution is 2.33. The van der Waals surface area contributed by atoms with E-state index in [2.05, 4.69) is 25.3 Å². The van der Waals surface area contributed by atoms with E-state index in [1.54, 1.807) is 23.6 Å². The molecule has 0 saturated carbocycles. The first-order valence-electron chi connectivity index (χ1n) is 10.0. The van der Waals surface area contributed by atoms with Crippen molar-refractivity contribution in [1.29, 1.82) is 0 Å². The van der Waals surface area contributed by atoms with Crippen LogP contribution in [0.15, 0.2) is 41.5 Å². The molecule has 0 amide bonds. The summed E-state index contributed by atoms with van der Waals surface area (Å²) >= 11 is 8.15. The molecule has 0 aliphatic carbocycles. The number of H-pyrrole nitrogens is 1. The predicted molar refractivity (Wildman–Crippen MR) is 124 cm³/mol. The van der Waals surface area contributed by atoms with Crippen LogP contribution in [0.2, 0.25) is 5.02 Å². The molecule has 1 aliphatic rings. The van der Waals surface area contributed by atoms with Crippen LogP contribution >= 0.6 is 22.9 Å². The number of aromatic nitrogens is 4. The summed E-state index contributed by atoms with van der Waals surface area (Å²) < 4.78 is 5.38. The van der Waals surface area contributed by atoms with Gasteiger partial charge in [0.25, 0.3) is 5.56 Å². The Balaban J connectivity index is 1.46. The topological polar surface area (TPSA) is 92.8 Å². The summed E-state index contributed by atoms with van der Waals surface area (Å²) in [6.07, 6.45) is 5.36. The summed E-state index contributed by atoms with van der Waals surface area (Å²) in [7, 11) is 0. The molecule has 0 bridgehead atoms. The van der Waals surface area contributed by atoms with Crippen LogP contribution in [0, 0.1) is 6.92 Å². The van der Waals surface area contributed by atoms with E-state index >= 15 is 0 Å². The maximum absolute atomic E-state index is 12.8. The molecule has 158 valence electrons. The SMILES string of the molecule is Cc1cnc(-c2ccc(-c3cc4cnc(NC5CCOCC5)nc4[nH]c3=O)c(Cl)c2)s1. The van der Waals surface area contributed by atoms with Gasteiger partial charge in [-0.1, -0.05) is 23.7 Å². The maximum atomic E-state index is 12.8. The second-order valence-electron chi connectivity index (χ2n) is 7.51. The van der Waals surface area contributed by atoms with Crippen LogP contribution in [-0.2, 0) is 4.74 Å². The van der Waals surface area contributed by atoms with Gasteiger partial charge in [-0.15, -0.1) is 11.3 Å². The minimum Gasteiger partial charge on any atom is -0.381 e. The van der Waals surface area contributed by atoms with Gasteiger partial charge in [-0.2, -0.15) is 4.98 Å². The second-order valence-corrected chi connectivity index (χ2v) is 9.15. The van der Waals surface area contributed by atoms with Crippen LogP contribution in [0.4, 0.5) is 5.95 Å². The molecule has 2 N–H and O–H groups in total. The molecule has 0 spiro atoms. The van der Waals surface area contributed by atoms with E-state index in [1.807, 2.05) is 31.3 Å². The monoisotopic (exact) mass is 453 g/mol. The number of fused-ring (bicyclic) bond motifs is 1. The molecular weight excluding hydrogens is 434 g/mol. The lowest BCUT2D eigenvalue weighted by molar-refractivity contribution is 0.0903. The Bertz CT molecular complexity index is 1310. The number of halogens is 1. The van der Waals surface area contributed by atoms with Crippen molar-refractivity contribution in [3.05, 3.63) is 56.9 Å². The average molecular weight is 454 g/mol. The van der Waals surface area contributed by atoms with Gasteiger partial charge in [-0.3, -0.25) is 4.79 Å². The fourth-order valence-electron chi connectivity index (χ4n) is 3.64. The predicted octanol–water partition coefficient (Wildman–Crippen LogP) is 4.66. The molecule has 4 aromatic rings. The van der Waals surface area contributed by atoms with E-state index in [9.17, 15) is 4.79 Å². The third kappa shape index (κ3) is 4.19. The number of pyridine rings is 1. The number of anilines is 1. The van der Waals surface area contributed by atoms with Gasteiger partial charge in [0, 0.05) is 63.6 Å². The van der Waals surface area contributed by atoms with E-state index in [1.165, 1.54) is 0 Å². The van der Waals surface area contributed by atoms with E-state index in [-0.39, 0.29) is 11.6 Å². The Morgan fingerprint density at radius 1 is 1.16 bits per heavy atom. The number of ether oxygens (including phenoxy) is 1. The Kier molecular flexibility index (Phi) is 5.43. The van der Waals surface area contributed by atoms with Crippen LogP contribution in [-0.4, -0.2) is 39.2 Å². The quantitative estimate of drug-likeness (QED) is 0.466. The molecule has 0 atom stereocenters. The lowest BCUT2D eigenvalue weighted by Crippen LogP contribution is -2.28. The smallest absolute Gasteiger partial charge is 0.257 e. The standard InChI is InChI=1S/C22H20ClN5O2S/c1-12-10-24-21(31-12)13-2-3-16(18(23)9-13)17-8-14-11-25-22(28-19(14)27-20(17)29)26-15-4-6-30-7-5-15/h2-3,8-11,15H,4-7H2,1H3,(H2,25,26,27,28,29). The van der Waals surface area contributed by atoms with E-state index < -0.39 is 0 Å². The highest BCUT2D eigenvalue weighted by atomic mass is 35.5. The number of nitrogens with zero attached hydrogens (tertiary/aromatic N) is 3. The molecule has 4 heterocycles. The molecular formula is C22H20ClN5O2S. The van der Waals surface area contributed by atoms with Gasteiger partial charge in [0.15, 0.2) is 0 Å². The van der Waals surface area contributed by atoms with E-state index in [4.69, 9.17) is 16.3 Å². The zero-order valence-corrected chi connectivity index (χ0v) is 18.4. The van der Waals surface area contributed by atoms with Crippen LogP contribution in [0.25, 0.3) is 32.7 Å². The molecule has 5 rings (SSSR count). The molecule has 1 aromatic carbocycles. The van der Waals surface area contributed by atoms with Crippen LogP contribution in [0.5, 0.6) is 0 Å². The van der Waals surface area contributed by atoms with Crippen molar-refractivity contribution in [2.45, 2.75) is 25.8 Å². The van der Waals surface area contributed by atoms with Crippen LogP contribution in [0.3, 0.4) is 0 Å². The molecule has 3 aromatic heterocycles. The summed E-state index contributed by atoms with van der Waals surface area (Å²) in [5.41, 5.74) is 2.31. The average Bonchev–Trinajstić information content (AvgIpc) is 3.20. The zero-order valence-electron chi connectivity index (χ0n) is 16.8. The van der Waals surface area contributed by atoms with Gasteiger partial charge in [-0.05, 0) is 31.9 Å². The van der Waals surface area contributed by atoms with Crippen molar-refractivity contribution in [3.8, 4) is 21.7 Å². The second kappa shape index (κ2) is 8.37. The molecule has 1 fully saturated rings. The van der Waals surface area contributed by atoms with Gasteiger partial charge in [0.1, 0.15) is 10.7 Å². The van der Waals surface area contributed by atoms with Crippen molar-refractivity contribution in [2.24, 2.45) is 0 Å². The zero-order chi connectivity index (χ0) is 21.4. The van der Waals surface area contributed by atoms with Gasteiger partial charge in [0.2, 0.25) is 5.95 Å². The normalized spacial score (nSPS) is 14.8. The number of rotatable bonds is 4. The lowest BCUT2D eigenvalue weighted by Gasteiger charge is -2.23. The Hall–Kier alpha value is -2.81. The maximum Gasteiger partial charge on any atom is 0.257 e. The summed E-state index contributed by atoms with van der Waals surface area (Å²) in [6.45, 7) is 3.47. The number of nitrogens with one attached hydrogen (secondary N) is 2. The van der Waals surface area contributed by atoms with Gasteiger partial charge in [-0.25, -0.2) is 9.97 Å². The molecule has 9 heteroatoms. The summed E-state index contributed by atoms with van der Waals surface area (Å²) in [5.74, 6) is 0.504. The molecule has 0 unspecified atom stereocenters. The fraction of sp³-hybridized carbons (Fsp3) is 0.273. The minimum absolute atomic E-state index is 0.247. The first kappa shape index (κ1) is 20.1. The van der Waals surface area contributed by atoms with Crippen molar-refractivity contribution in [2.75, 3.05) is 18.5 Å². The Morgan fingerprint density at radius 3 is 2.74 bits per heavy atom. The molecule has 31 heavy (non-hydrogen) atoms. The molecule has 7 nitrogen and oxygen atoms in total. The van der Waals surface area contributed by atoms with Crippen molar-refractivity contribution in [3.63, 3.8) is 0 Å². The number of benzene rings is 1. The molecule has 1 aliphatic heterocycles. The lowest BCUT2D eigenvalue weighted by atomic mass is 10.0. The number of thiazole rings is 1. The number of hydrogen-bond acceptors (Lipinski definition) is 7. The van der Waals surface area contributed by atoms with Gasteiger partial charge in [0.05, 0.1) is 0 Å². The summed E-state index contributed by atoms with van der Waals surface area (Å²) in [5, 5.41) is 5.45. The van der Waals surface area contributed by atoms with Crippen LogP contribution < -0.4 is 10.9 Å². The van der Waals surface area contributed by atoms with E-state index in [0.29, 0.717) is 27.7 Å². The Labute approximate surface area is 187 Å². The number of aryl methyl sites for hydroxylation is 1. The largest absolute Gasteiger partial charge is 0.381 e. The van der Waals surface area contributed by atoms with Crippen molar-refractivity contribution < 1.29 is 4.74 Å². The van der Waals surface area contributed by atoms with E-state index in [0.717, 1.165) is 46.9 Å². The molecule has 1 saturated heterocycles. The molecule has 0 radical (unpaired) electrons.